The highest BCUT2D eigenvalue weighted by molar-refractivity contribution is 7.19. The van der Waals surface area contributed by atoms with Crippen LogP contribution in [0.2, 0.25) is 0 Å². The van der Waals surface area contributed by atoms with Crippen LogP contribution in [0.15, 0.2) is 30.3 Å². The first-order valence-corrected chi connectivity index (χ1v) is 10.9. The van der Waals surface area contributed by atoms with E-state index in [9.17, 15) is 4.79 Å². The lowest BCUT2D eigenvalue weighted by atomic mass is 9.96. The Labute approximate surface area is 168 Å². The second-order valence-corrected chi connectivity index (χ2v) is 8.91. The van der Waals surface area contributed by atoms with E-state index in [-0.39, 0.29) is 11.8 Å². The maximum Gasteiger partial charge on any atom is 0.220 e. The largest absolute Gasteiger partial charge is 0.369 e. The van der Waals surface area contributed by atoms with Gasteiger partial charge in [0.15, 0.2) is 0 Å². The van der Waals surface area contributed by atoms with E-state index in [0.29, 0.717) is 0 Å². The molecule has 3 heterocycles. The lowest BCUT2D eigenvalue weighted by molar-refractivity contribution is -0.122. The molecule has 1 aromatic carbocycles. The van der Waals surface area contributed by atoms with Gasteiger partial charge in [-0.1, -0.05) is 30.3 Å². The Kier molecular flexibility index (Phi) is 4.51. The molecule has 3 aromatic rings. The number of primary amides is 1. The number of nitrogens with zero attached hydrogens (tertiary/aromatic N) is 3. The van der Waals surface area contributed by atoms with Crippen molar-refractivity contribution in [3.8, 4) is 0 Å². The molecular formula is C22H24N4OS. The monoisotopic (exact) mass is 392 g/mol. The molecule has 1 saturated heterocycles. The summed E-state index contributed by atoms with van der Waals surface area (Å²) < 4.78 is 0. The number of hydrogen-bond acceptors (Lipinski definition) is 5. The molecule has 1 amide bonds. The quantitative estimate of drug-likeness (QED) is 0.738. The second-order valence-electron chi connectivity index (χ2n) is 7.83. The minimum Gasteiger partial charge on any atom is -0.369 e. The fourth-order valence-corrected chi connectivity index (χ4v) is 5.76. The van der Waals surface area contributed by atoms with Gasteiger partial charge in [-0.05, 0) is 43.2 Å². The van der Waals surface area contributed by atoms with Gasteiger partial charge in [-0.25, -0.2) is 9.97 Å². The number of thiophene rings is 1. The number of hydrogen-bond donors (Lipinski definition) is 1. The Bertz CT molecular complexity index is 1020. The molecule has 6 heteroatoms. The standard InChI is InChI=1S/C22H24N4OS/c23-20(27)15-9-11-26(12-10-15)21-19-16-7-4-8-17(16)28-22(19)25-18(24-21)13-14-5-2-1-3-6-14/h1-3,5-6,15H,4,7-13H2,(H2,23,27). The SMILES string of the molecule is NC(=O)C1CCN(c2nc(Cc3ccccc3)nc3sc4c(c23)CCC4)CC1. The van der Waals surface area contributed by atoms with Crippen molar-refractivity contribution in [3.05, 3.63) is 52.2 Å². The van der Waals surface area contributed by atoms with Gasteiger partial charge >= 0.3 is 0 Å². The molecule has 1 fully saturated rings. The van der Waals surface area contributed by atoms with Crippen molar-refractivity contribution in [2.24, 2.45) is 11.7 Å². The van der Waals surface area contributed by atoms with E-state index >= 15 is 0 Å². The lowest BCUT2D eigenvalue weighted by Gasteiger charge is -2.32. The molecule has 144 valence electrons. The Morgan fingerprint density at radius 2 is 1.93 bits per heavy atom. The molecule has 5 nitrogen and oxygen atoms in total. The maximum absolute atomic E-state index is 11.6. The van der Waals surface area contributed by atoms with Crippen LogP contribution in [0, 0.1) is 5.92 Å². The van der Waals surface area contributed by atoms with Crippen LogP contribution >= 0.6 is 11.3 Å². The Balaban J connectivity index is 1.54. The molecule has 2 aromatic heterocycles. The third-order valence-corrected chi connectivity index (χ3v) is 7.18. The fraction of sp³-hybridized carbons (Fsp3) is 0.409. The topological polar surface area (TPSA) is 72.1 Å². The number of piperidine rings is 1. The Morgan fingerprint density at radius 3 is 2.68 bits per heavy atom. The highest BCUT2D eigenvalue weighted by Crippen LogP contribution is 2.41. The van der Waals surface area contributed by atoms with Crippen molar-refractivity contribution in [3.63, 3.8) is 0 Å². The zero-order valence-electron chi connectivity index (χ0n) is 15.9. The molecule has 2 aliphatic rings. The first-order valence-electron chi connectivity index (χ1n) is 10.1. The predicted molar refractivity (Wildman–Crippen MR) is 113 cm³/mol. The van der Waals surface area contributed by atoms with Crippen LogP contribution in [0.4, 0.5) is 5.82 Å². The van der Waals surface area contributed by atoms with E-state index in [1.54, 1.807) is 0 Å². The highest BCUT2D eigenvalue weighted by Gasteiger charge is 2.28. The van der Waals surface area contributed by atoms with Crippen LogP contribution in [-0.4, -0.2) is 29.0 Å². The number of nitrogens with two attached hydrogens (primary N) is 1. The minimum atomic E-state index is -0.173. The van der Waals surface area contributed by atoms with E-state index in [1.807, 2.05) is 17.4 Å². The minimum absolute atomic E-state index is 0.00874. The summed E-state index contributed by atoms with van der Waals surface area (Å²) in [5.74, 6) is 1.77. The van der Waals surface area contributed by atoms with Crippen LogP contribution in [0.3, 0.4) is 0 Å². The third-order valence-electron chi connectivity index (χ3n) is 5.99. The van der Waals surface area contributed by atoms with Gasteiger partial charge in [0, 0.05) is 30.3 Å². The van der Waals surface area contributed by atoms with Crippen LogP contribution in [0.25, 0.3) is 10.2 Å². The van der Waals surface area contributed by atoms with E-state index in [1.165, 1.54) is 27.8 Å². The van der Waals surface area contributed by atoms with Crippen molar-refractivity contribution >= 4 is 33.3 Å². The van der Waals surface area contributed by atoms with Crippen molar-refractivity contribution in [2.45, 2.75) is 38.5 Å². The summed E-state index contributed by atoms with van der Waals surface area (Å²) in [6, 6.07) is 10.4. The molecule has 1 aliphatic carbocycles. The lowest BCUT2D eigenvalue weighted by Crippen LogP contribution is -2.39. The summed E-state index contributed by atoms with van der Waals surface area (Å²) in [7, 11) is 0. The molecule has 2 N–H and O–H groups in total. The van der Waals surface area contributed by atoms with Crippen molar-refractivity contribution in [2.75, 3.05) is 18.0 Å². The molecule has 28 heavy (non-hydrogen) atoms. The summed E-state index contributed by atoms with van der Waals surface area (Å²) in [6.45, 7) is 1.66. The summed E-state index contributed by atoms with van der Waals surface area (Å²) in [5.41, 5.74) is 8.21. The first-order chi connectivity index (χ1) is 13.7. The van der Waals surface area contributed by atoms with Gasteiger partial charge < -0.3 is 10.6 Å². The molecule has 5 rings (SSSR count). The molecule has 0 saturated carbocycles. The summed E-state index contributed by atoms with van der Waals surface area (Å²) >= 11 is 1.84. The summed E-state index contributed by atoms with van der Waals surface area (Å²) in [6.07, 6.45) is 5.87. The maximum atomic E-state index is 11.6. The zero-order valence-corrected chi connectivity index (χ0v) is 16.7. The van der Waals surface area contributed by atoms with Crippen LogP contribution < -0.4 is 10.6 Å². The number of rotatable bonds is 4. The molecule has 0 atom stereocenters. The molecule has 0 bridgehead atoms. The van der Waals surface area contributed by atoms with Gasteiger partial charge in [-0.3, -0.25) is 4.79 Å². The zero-order chi connectivity index (χ0) is 19.1. The van der Waals surface area contributed by atoms with Gasteiger partial charge in [-0.2, -0.15) is 0 Å². The second kappa shape index (κ2) is 7.17. The third kappa shape index (κ3) is 3.15. The number of fused-ring (bicyclic) bond motifs is 3. The summed E-state index contributed by atoms with van der Waals surface area (Å²) in [4.78, 5) is 26.5. The Hall–Kier alpha value is -2.47. The summed E-state index contributed by atoms with van der Waals surface area (Å²) in [5, 5.41) is 1.26. The molecule has 0 spiro atoms. The van der Waals surface area contributed by atoms with Crippen molar-refractivity contribution < 1.29 is 4.79 Å². The molecule has 1 aliphatic heterocycles. The number of benzene rings is 1. The van der Waals surface area contributed by atoms with Crippen molar-refractivity contribution in [1.82, 2.24) is 9.97 Å². The number of aromatic nitrogens is 2. The van der Waals surface area contributed by atoms with E-state index in [2.05, 4.69) is 29.2 Å². The van der Waals surface area contributed by atoms with Gasteiger partial charge in [0.25, 0.3) is 0 Å². The number of aryl methyl sites for hydroxylation is 2. The van der Waals surface area contributed by atoms with Gasteiger partial charge in [-0.15, -0.1) is 11.3 Å². The van der Waals surface area contributed by atoms with E-state index in [4.69, 9.17) is 15.7 Å². The van der Waals surface area contributed by atoms with E-state index < -0.39 is 0 Å². The average molecular weight is 393 g/mol. The smallest absolute Gasteiger partial charge is 0.220 e. The van der Waals surface area contributed by atoms with Gasteiger partial charge in [0.1, 0.15) is 16.5 Å². The van der Waals surface area contributed by atoms with Crippen LogP contribution in [-0.2, 0) is 24.1 Å². The fourth-order valence-electron chi connectivity index (χ4n) is 4.48. The van der Waals surface area contributed by atoms with Crippen molar-refractivity contribution in [1.29, 1.82) is 0 Å². The van der Waals surface area contributed by atoms with Crippen LogP contribution in [0.1, 0.15) is 41.1 Å². The average Bonchev–Trinajstić information content (AvgIpc) is 3.29. The van der Waals surface area contributed by atoms with Gasteiger partial charge in [0.2, 0.25) is 5.91 Å². The van der Waals surface area contributed by atoms with Crippen LogP contribution in [0.5, 0.6) is 0 Å². The number of amides is 1. The normalized spacial score (nSPS) is 17.2. The predicted octanol–water partition coefficient (Wildman–Crippen LogP) is 3.47. The number of carbonyl (C=O) groups excluding carboxylic acids is 1. The highest BCUT2D eigenvalue weighted by atomic mass is 32.1. The molecular weight excluding hydrogens is 368 g/mol. The number of carbonyl (C=O) groups is 1. The van der Waals surface area contributed by atoms with E-state index in [0.717, 1.165) is 61.7 Å². The Morgan fingerprint density at radius 1 is 1.14 bits per heavy atom. The molecule has 0 unspecified atom stereocenters. The van der Waals surface area contributed by atoms with Gasteiger partial charge in [0.05, 0.1) is 5.39 Å². The molecule has 0 radical (unpaired) electrons. The number of anilines is 1. The first kappa shape index (κ1) is 17.6.